The second-order valence-corrected chi connectivity index (χ2v) is 8.69. The number of halogens is 1. The standard InChI is InChI=1S/C26H26BrN3O2/c1-18(2)24(26(32)30-28-17-19-13-15-22(27)16-14-19)29-25(31)23(20-9-5-3-6-10-20)21-11-7-4-8-12-21/h3-18,23-24H,1-2H3,(H,29,31)(H,30,32)/b28-17-/t24-/m0/s1. The number of hydrogen-bond acceptors (Lipinski definition) is 3. The number of nitrogens with zero attached hydrogens (tertiary/aromatic N) is 1. The Balaban J connectivity index is 1.75. The molecule has 1 atom stereocenters. The van der Waals surface area contributed by atoms with Gasteiger partial charge in [0.15, 0.2) is 0 Å². The van der Waals surface area contributed by atoms with Gasteiger partial charge < -0.3 is 5.32 Å². The summed E-state index contributed by atoms with van der Waals surface area (Å²) in [6.45, 7) is 3.78. The van der Waals surface area contributed by atoms with Crippen molar-refractivity contribution in [3.8, 4) is 0 Å². The van der Waals surface area contributed by atoms with Crippen molar-refractivity contribution in [1.29, 1.82) is 0 Å². The van der Waals surface area contributed by atoms with E-state index in [9.17, 15) is 9.59 Å². The zero-order chi connectivity index (χ0) is 22.9. The number of hydrogen-bond donors (Lipinski definition) is 2. The maximum Gasteiger partial charge on any atom is 0.262 e. The lowest BCUT2D eigenvalue weighted by Gasteiger charge is -2.24. The van der Waals surface area contributed by atoms with Gasteiger partial charge in [0.1, 0.15) is 6.04 Å². The van der Waals surface area contributed by atoms with Gasteiger partial charge in [-0.25, -0.2) is 5.43 Å². The zero-order valence-electron chi connectivity index (χ0n) is 18.0. The molecule has 0 aromatic heterocycles. The molecule has 0 saturated heterocycles. The second-order valence-electron chi connectivity index (χ2n) is 7.77. The minimum Gasteiger partial charge on any atom is -0.343 e. The molecular formula is C26H26BrN3O2. The first kappa shape index (κ1) is 23.4. The Hall–Kier alpha value is -3.25. The molecule has 0 unspecified atom stereocenters. The molecule has 2 N–H and O–H groups in total. The number of nitrogens with one attached hydrogen (secondary N) is 2. The third kappa shape index (κ3) is 6.37. The largest absolute Gasteiger partial charge is 0.343 e. The predicted octanol–water partition coefficient (Wildman–Crippen LogP) is 4.87. The highest BCUT2D eigenvalue weighted by Gasteiger charge is 2.29. The molecule has 2 amide bonds. The fourth-order valence-corrected chi connectivity index (χ4v) is 3.61. The van der Waals surface area contributed by atoms with Gasteiger partial charge in [-0.05, 0) is 34.7 Å². The van der Waals surface area contributed by atoms with Crippen molar-refractivity contribution in [1.82, 2.24) is 10.7 Å². The van der Waals surface area contributed by atoms with E-state index in [0.717, 1.165) is 21.2 Å². The topological polar surface area (TPSA) is 70.6 Å². The summed E-state index contributed by atoms with van der Waals surface area (Å²) in [7, 11) is 0. The molecule has 0 fully saturated rings. The molecular weight excluding hydrogens is 466 g/mol. The van der Waals surface area contributed by atoms with Gasteiger partial charge in [-0.15, -0.1) is 0 Å². The van der Waals surface area contributed by atoms with Gasteiger partial charge in [0.05, 0.1) is 12.1 Å². The lowest BCUT2D eigenvalue weighted by atomic mass is 9.89. The molecule has 0 spiro atoms. The van der Waals surface area contributed by atoms with Crippen LogP contribution in [0.25, 0.3) is 0 Å². The zero-order valence-corrected chi connectivity index (χ0v) is 19.6. The van der Waals surface area contributed by atoms with Crippen LogP contribution in [0.5, 0.6) is 0 Å². The van der Waals surface area contributed by atoms with Crippen molar-refractivity contribution < 1.29 is 9.59 Å². The monoisotopic (exact) mass is 491 g/mol. The molecule has 3 rings (SSSR count). The van der Waals surface area contributed by atoms with E-state index < -0.39 is 12.0 Å². The van der Waals surface area contributed by atoms with Gasteiger partial charge in [-0.3, -0.25) is 9.59 Å². The van der Waals surface area contributed by atoms with Gasteiger partial charge in [0, 0.05) is 4.47 Å². The maximum absolute atomic E-state index is 13.4. The number of hydrazone groups is 1. The Morgan fingerprint density at radius 1 is 0.812 bits per heavy atom. The highest BCUT2D eigenvalue weighted by molar-refractivity contribution is 9.10. The van der Waals surface area contributed by atoms with Crippen LogP contribution in [0.1, 0.15) is 36.5 Å². The summed E-state index contributed by atoms with van der Waals surface area (Å²) < 4.78 is 0.965. The average molecular weight is 492 g/mol. The van der Waals surface area contributed by atoms with Crippen LogP contribution in [-0.4, -0.2) is 24.1 Å². The quantitative estimate of drug-likeness (QED) is 0.348. The molecule has 0 aliphatic rings. The predicted molar refractivity (Wildman–Crippen MR) is 131 cm³/mol. The lowest BCUT2D eigenvalue weighted by Crippen LogP contribution is -2.50. The minimum atomic E-state index is -0.723. The molecule has 164 valence electrons. The fraction of sp³-hybridized carbons (Fsp3) is 0.192. The highest BCUT2D eigenvalue weighted by atomic mass is 79.9. The van der Waals surface area contributed by atoms with E-state index in [2.05, 4.69) is 31.8 Å². The fourth-order valence-electron chi connectivity index (χ4n) is 3.35. The van der Waals surface area contributed by atoms with E-state index in [1.807, 2.05) is 98.8 Å². The van der Waals surface area contributed by atoms with E-state index in [1.54, 1.807) is 6.21 Å². The lowest BCUT2D eigenvalue weighted by molar-refractivity contribution is -0.130. The molecule has 0 bridgehead atoms. The van der Waals surface area contributed by atoms with Crippen LogP contribution in [0.2, 0.25) is 0 Å². The van der Waals surface area contributed by atoms with Crippen LogP contribution < -0.4 is 10.7 Å². The summed E-state index contributed by atoms with van der Waals surface area (Å²) >= 11 is 3.39. The summed E-state index contributed by atoms with van der Waals surface area (Å²) in [5, 5.41) is 6.99. The maximum atomic E-state index is 13.4. The van der Waals surface area contributed by atoms with Crippen molar-refractivity contribution in [2.45, 2.75) is 25.8 Å². The van der Waals surface area contributed by atoms with E-state index in [0.29, 0.717) is 0 Å². The first-order valence-electron chi connectivity index (χ1n) is 10.4. The van der Waals surface area contributed by atoms with Gasteiger partial charge in [0.25, 0.3) is 5.91 Å². The third-order valence-corrected chi connectivity index (χ3v) is 5.56. The van der Waals surface area contributed by atoms with Crippen LogP contribution >= 0.6 is 15.9 Å². The number of benzene rings is 3. The van der Waals surface area contributed by atoms with E-state index in [-0.39, 0.29) is 17.7 Å². The molecule has 5 nitrogen and oxygen atoms in total. The molecule has 3 aromatic rings. The molecule has 0 aliphatic heterocycles. The molecule has 6 heteroatoms. The van der Waals surface area contributed by atoms with E-state index in [4.69, 9.17) is 0 Å². The van der Waals surface area contributed by atoms with Crippen LogP contribution in [-0.2, 0) is 9.59 Å². The number of amides is 2. The summed E-state index contributed by atoms with van der Waals surface area (Å²) in [6, 6.07) is 26.0. The normalized spacial score (nSPS) is 12.2. The Bertz CT molecular complexity index is 1010. The van der Waals surface area contributed by atoms with Crippen LogP contribution in [0.4, 0.5) is 0 Å². The first-order valence-corrected chi connectivity index (χ1v) is 11.2. The number of carbonyl (C=O) groups is 2. The number of rotatable bonds is 8. The smallest absolute Gasteiger partial charge is 0.262 e. The van der Waals surface area contributed by atoms with E-state index >= 15 is 0 Å². The summed E-state index contributed by atoms with van der Waals surface area (Å²) in [4.78, 5) is 26.2. The highest BCUT2D eigenvalue weighted by Crippen LogP contribution is 2.25. The van der Waals surface area contributed by atoms with Gasteiger partial charge in [-0.1, -0.05) is 103 Å². The number of carbonyl (C=O) groups excluding carboxylic acids is 2. The van der Waals surface area contributed by atoms with Crippen LogP contribution in [0, 0.1) is 5.92 Å². The summed E-state index contributed by atoms with van der Waals surface area (Å²) in [5.41, 5.74) is 5.14. The minimum absolute atomic E-state index is 0.117. The van der Waals surface area contributed by atoms with Crippen LogP contribution in [0.3, 0.4) is 0 Å². The van der Waals surface area contributed by atoms with Crippen molar-refractivity contribution in [3.63, 3.8) is 0 Å². The van der Waals surface area contributed by atoms with Crippen molar-refractivity contribution >= 4 is 34.0 Å². The van der Waals surface area contributed by atoms with Crippen molar-refractivity contribution in [2.24, 2.45) is 11.0 Å². The van der Waals surface area contributed by atoms with Gasteiger partial charge >= 0.3 is 0 Å². The summed E-state index contributed by atoms with van der Waals surface area (Å²) in [5.74, 6) is -1.22. The van der Waals surface area contributed by atoms with Gasteiger partial charge in [0.2, 0.25) is 5.91 Å². The SMILES string of the molecule is CC(C)[C@H](NC(=O)C(c1ccccc1)c1ccccc1)C(=O)N/N=C\c1ccc(Br)cc1. The first-order chi connectivity index (χ1) is 15.5. The Morgan fingerprint density at radius 2 is 1.34 bits per heavy atom. The average Bonchev–Trinajstić information content (AvgIpc) is 2.80. The van der Waals surface area contributed by atoms with Crippen molar-refractivity contribution in [2.75, 3.05) is 0 Å². The second kappa shape index (κ2) is 11.4. The summed E-state index contributed by atoms with van der Waals surface area (Å²) in [6.07, 6.45) is 1.57. The Kier molecular flexibility index (Phi) is 8.34. The molecule has 3 aromatic carbocycles. The molecule has 32 heavy (non-hydrogen) atoms. The van der Waals surface area contributed by atoms with E-state index in [1.165, 1.54) is 0 Å². The molecule has 0 heterocycles. The third-order valence-electron chi connectivity index (χ3n) is 5.03. The Labute approximate surface area is 197 Å². The molecule has 0 radical (unpaired) electrons. The van der Waals surface area contributed by atoms with Crippen molar-refractivity contribution in [3.05, 3.63) is 106 Å². The molecule has 0 saturated carbocycles. The Morgan fingerprint density at radius 3 is 1.84 bits per heavy atom. The van der Waals surface area contributed by atoms with Gasteiger partial charge in [-0.2, -0.15) is 5.10 Å². The molecule has 0 aliphatic carbocycles. The van der Waals surface area contributed by atoms with Crippen LogP contribution in [0.15, 0.2) is 94.5 Å².